The Morgan fingerprint density at radius 3 is 2.53 bits per heavy atom. The number of carbonyl (C=O) groups excluding carboxylic acids is 1. The highest BCUT2D eigenvalue weighted by molar-refractivity contribution is 6.18. The molecule has 3 nitrogen and oxygen atoms in total. The van der Waals surface area contributed by atoms with Crippen LogP contribution in [0.1, 0.15) is 12.0 Å². The molecule has 1 heterocycles. The molecule has 1 amide bonds. The van der Waals surface area contributed by atoms with E-state index in [1.807, 2.05) is 17.0 Å². The van der Waals surface area contributed by atoms with Crippen LogP contribution in [0, 0.1) is 5.92 Å². The van der Waals surface area contributed by atoms with E-state index in [-0.39, 0.29) is 5.91 Å². The molecule has 0 aliphatic carbocycles. The van der Waals surface area contributed by atoms with Gasteiger partial charge < -0.3 is 9.80 Å². The summed E-state index contributed by atoms with van der Waals surface area (Å²) in [5.41, 5.74) is 2.30. The van der Waals surface area contributed by atoms with E-state index < -0.39 is 0 Å². The molecule has 2 rings (SSSR count). The van der Waals surface area contributed by atoms with Crippen LogP contribution >= 0.6 is 11.6 Å². The molecule has 19 heavy (non-hydrogen) atoms. The van der Waals surface area contributed by atoms with Crippen LogP contribution in [-0.4, -0.2) is 43.9 Å². The van der Waals surface area contributed by atoms with Crippen molar-refractivity contribution in [1.29, 1.82) is 0 Å². The zero-order chi connectivity index (χ0) is 13.8. The molecule has 1 saturated heterocycles. The summed E-state index contributed by atoms with van der Waals surface area (Å²) in [4.78, 5) is 15.9. The van der Waals surface area contributed by atoms with Gasteiger partial charge in [0, 0.05) is 31.1 Å². The van der Waals surface area contributed by atoms with Gasteiger partial charge in [0.2, 0.25) is 5.91 Å². The van der Waals surface area contributed by atoms with Gasteiger partial charge in [0.25, 0.3) is 0 Å². The predicted molar refractivity (Wildman–Crippen MR) is 79.9 cm³/mol. The maximum absolute atomic E-state index is 11.9. The standard InChI is InChI=1S/C15H21ClN2O/c1-17(2)8-7-12-3-5-14(6-4-12)18-11-13(10-16)9-15(18)19/h3-6,13H,7-11H2,1-2H3. The summed E-state index contributed by atoms with van der Waals surface area (Å²) >= 11 is 5.84. The van der Waals surface area contributed by atoms with E-state index >= 15 is 0 Å². The normalized spacial score (nSPS) is 19.5. The molecule has 1 aliphatic rings. The summed E-state index contributed by atoms with van der Waals surface area (Å²) in [6.45, 7) is 1.79. The number of rotatable bonds is 5. The molecule has 4 heteroatoms. The van der Waals surface area contributed by atoms with Crippen LogP contribution in [0.15, 0.2) is 24.3 Å². The summed E-state index contributed by atoms with van der Waals surface area (Å²) in [7, 11) is 4.15. The number of halogens is 1. The molecule has 1 aromatic carbocycles. The van der Waals surface area contributed by atoms with Gasteiger partial charge in [-0.2, -0.15) is 0 Å². The summed E-state index contributed by atoms with van der Waals surface area (Å²) in [5.74, 6) is 1.04. The van der Waals surface area contributed by atoms with Gasteiger partial charge in [0.1, 0.15) is 0 Å². The zero-order valence-electron chi connectivity index (χ0n) is 11.6. The van der Waals surface area contributed by atoms with Gasteiger partial charge >= 0.3 is 0 Å². The highest BCUT2D eigenvalue weighted by Crippen LogP contribution is 2.26. The second kappa shape index (κ2) is 6.40. The Hall–Kier alpha value is -1.06. The lowest BCUT2D eigenvalue weighted by Gasteiger charge is -2.17. The molecule has 0 aromatic heterocycles. The van der Waals surface area contributed by atoms with Gasteiger partial charge in [0.15, 0.2) is 0 Å². The van der Waals surface area contributed by atoms with E-state index in [0.717, 1.165) is 25.2 Å². The lowest BCUT2D eigenvalue weighted by molar-refractivity contribution is -0.117. The van der Waals surface area contributed by atoms with Crippen molar-refractivity contribution >= 4 is 23.2 Å². The molecule has 1 atom stereocenters. The maximum Gasteiger partial charge on any atom is 0.227 e. The van der Waals surface area contributed by atoms with Crippen LogP contribution in [0.5, 0.6) is 0 Å². The monoisotopic (exact) mass is 280 g/mol. The van der Waals surface area contributed by atoms with Crippen LogP contribution in [-0.2, 0) is 11.2 Å². The fourth-order valence-electron chi connectivity index (χ4n) is 2.33. The number of nitrogens with zero attached hydrogens (tertiary/aromatic N) is 2. The molecule has 0 radical (unpaired) electrons. The summed E-state index contributed by atoms with van der Waals surface area (Å²) in [6.07, 6.45) is 1.61. The first kappa shape index (κ1) is 14.4. The molecular weight excluding hydrogens is 260 g/mol. The third-order valence-corrected chi connectivity index (χ3v) is 3.96. The Bertz CT molecular complexity index is 430. The summed E-state index contributed by atoms with van der Waals surface area (Å²) < 4.78 is 0. The number of hydrogen-bond donors (Lipinski definition) is 0. The fourth-order valence-corrected chi connectivity index (χ4v) is 2.54. The Labute approximate surface area is 120 Å². The Morgan fingerprint density at radius 1 is 1.32 bits per heavy atom. The van der Waals surface area contributed by atoms with E-state index in [4.69, 9.17) is 11.6 Å². The Kier molecular flexibility index (Phi) is 4.83. The van der Waals surface area contributed by atoms with Crippen molar-refractivity contribution in [2.75, 3.05) is 38.0 Å². The van der Waals surface area contributed by atoms with E-state index in [2.05, 4.69) is 31.1 Å². The van der Waals surface area contributed by atoms with E-state index in [1.165, 1.54) is 5.56 Å². The third kappa shape index (κ3) is 3.71. The smallest absolute Gasteiger partial charge is 0.227 e. The van der Waals surface area contributed by atoms with Crippen LogP contribution in [0.2, 0.25) is 0 Å². The largest absolute Gasteiger partial charge is 0.312 e. The third-order valence-electron chi connectivity index (χ3n) is 3.52. The first-order valence-electron chi connectivity index (χ1n) is 6.70. The second-order valence-electron chi connectivity index (χ2n) is 5.45. The van der Waals surface area contributed by atoms with E-state index in [1.54, 1.807) is 0 Å². The zero-order valence-corrected chi connectivity index (χ0v) is 12.4. The van der Waals surface area contributed by atoms with Crippen LogP contribution < -0.4 is 4.90 Å². The molecule has 0 N–H and O–H groups in total. The topological polar surface area (TPSA) is 23.6 Å². The van der Waals surface area contributed by atoms with Gasteiger partial charge in [-0.05, 0) is 44.1 Å². The molecule has 104 valence electrons. The van der Waals surface area contributed by atoms with Gasteiger partial charge in [-0.1, -0.05) is 12.1 Å². The quantitative estimate of drug-likeness (QED) is 0.773. The number of amides is 1. The molecule has 1 fully saturated rings. The van der Waals surface area contributed by atoms with Crippen LogP contribution in [0.4, 0.5) is 5.69 Å². The molecule has 0 bridgehead atoms. The van der Waals surface area contributed by atoms with Crippen molar-refractivity contribution < 1.29 is 4.79 Å². The number of benzene rings is 1. The Balaban J connectivity index is 2.00. The van der Waals surface area contributed by atoms with Gasteiger partial charge in [-0.15, -0.1) is 11.6 Å². The van der Waals surface area contributed by atoms with Crippen LogP contribution in [0.25, 0.3) is 0 Å². The minimum absolute atomic E-state index is 0.187. The SMILES string of the molecule is CN(C)CCc1ccc(N2CC(CCl)CC2=O)cc1. The number of carbonyl (C=O) groups is 1. The van der Waals surface area contributed by atoms with Crippen molar-refractivity contribution in [1.82, 2.24) is 4.90 Å². The van der Waals surface area contributed by atoms with Gasteiger partial charge in [-0.3, -0.25) is 4.79 Å². The average Bonchev–Trinajstić information content (AvgIpc) is 2.78. The number of anilines is 1. The van der Waals surface area contributed by atoms with E-state index in [9.17, 15) is 4.79 Å². The first-order valence-corrected chi connectivity index (χ1v) is 7.23. The maximum atomic E-state index is 11.9. The predicted octanol–water partition coefficient (Wildman–Crippen LogP) is 2.38. The molecule has 1 aromatic rings. The molecule has 1 aliphatic heterocycles. The highest BCUT2D eigenvalue weighted by Gasteiger charge is 2.29. The lowest BCUT2D eigenvalue weighted by atomic mass is 10.1. The lowest BCUT2D eigenvalue weighted by Crippen LogP contribution is -2.24. The van der Waals surface area contributed by atoms with Crippen molar-refractivity contribution in [3.8, 4) is 0 Å². The first-order chi connectivity index (χ1) is 9.10. The second-order valence-corrected chi connectivity index (χ2v) is 5.76. The van der Waals surface area contributed by atoms with Gasteiger partial charge in [-0.25, -0.2) is 0 Å². The summed E-state index contributed by atoms with van der Waals surface area (Å²) in [6, 6.07) is 8.30. The molecule has 0 saturated carbocycles. The number of alkyl halides is 1. The van der Waals surface area contributed by atoms with Crippen molar-refractivity contribution in [3.05, 3.63) is 29.8 Å². The highest BCUT2D eigenvalue weighted by atomic mass is 35.5. The Morgan fingerprint density at radius 2 is 2.00 bits per heavy atom. The van der Waals surface area contributed by atoms with Crippen molar-refractivity contribution in [2.45, 2.75) is 12.8 Å². The average molecular weight is 281 g/mol. The molecule has 1 unspecified atom stereocenters. The summed E-state index contributed by atoms with van der Waals surface area (Å²) in [5, 5.41) is 0. The van der Waals surface area contributed by atoms with E-state index in [0.29, 0.717) is 18.2 Å². The van der Waals surface area contributed by atoms with Crippen LogP contribution in [0.3, 0.4) is 0 Å². The molecule has 0 spiro atoms. The number of likely N-dealkylation sites (N-methyl/N-ethyl adjacent to an activating group) is 1. The minimum Gasteiger partial charge on any atom is -0.312 e. The van der Waals surface area contributed by atoms with Crippen molar-refractivity contribution in [3.63, 3.8) is 0 Å². The minimum atomic E-state index is 0.187. The van der Waals surface area contributed by atoms with Crippen molar-refractivity contribution in [2.24, 2.45) is 5.92 Å². The fraction of sp³-hybridized carbons (Fsp3) is 0.533. The number of hydrogen-bond acceptors (Lipinski definition) is 2. The van der Waals surface area contributed by atoms with Gasteiger partial charge in [0.05, 0.1) is 0 Å². The molecular formula is C15H21ClN2O.